The molecule has 0 radical (unpaired) electrons. The summed E-state index contributed by atoms with van der Waals surface area (Å²) >= 11 is 0. The van der Waals surface area contributed by atoms with Crippen molar-refractivity contribution < 1.29 is 19.0 Å². The van der Waals surface area contributed by atoms with E-state index in [0.717, 1.165) is 6.29 Å². The van der Waals surface area contributed by atoms with Crippen molar-refractivity contribution in [3.05, 3.63) is 22.7 Å². The van der Waals surface area contributed by atoms with Crippen LogP contribution >= 0.6 is 0 Å². The van der Waals surface area contributed by atoms with Crippen molar-refractivity contribution in [3.8, 4) is 0 Å². The highest BCUT2D eigenvalue weighted by Crippen LogP contribution is 2.33. The van der Waals surface area contributed by atoms with E-state index in [-0.39, 0.29) is 12.2 Å². The molecular formula is C12H17N3O5. The summed E-state index contributed by atoms with van der Waals surface area (Å²) < 4.78 is 17.7. The summed E-state index contributed by atoms with van der Waals surface area (Å²) in [5, 5.41) is 0. The monoisotopic (exact) mass is 283 g/mol. The van der Waals surface area contributed by atoms with Gasteiger partial charge in [0.25, 0.3) is 0 Å². The molecule has 2 N–H and O–H groups in total. The molecule has 1 saturated heterocycles. The van der Waals surface area contributed by atoms with Crippen LogP contribution in [0.1, 0.15) is 12.6 Å². The Balaban J connectivity index is 2.35. The number of methoxy groups -OCH3 is 2. The number of carbonyl (C=O) groups excluding carboxylic acids is 1. The predicted molar refractivity (Wildman–Crippen MR) is 69.1 cm³/mol. The molecule has 8 nitrogen and oxygen atoms in total. The Labute approximate surface area is 115 Å². The molecule has 2 heterocycles. The highest BCUT2D eigenvalue weighted by Gasteiger charge is 2.46. The third kappa shape index (κ3) is 2.58. The van der Waals surface area contributed by atoms with Gasteiger partial charge in [-0.3, -0.25) is 4.57 Å². The molecule has 1 aliphatic heterocycles. The minimum Gasteiger partial charge on any atom is -0.383 e. The maximum atomic E-state index is 11.9. The number of nitrogens with two attached hydrogens (primary N) is 1. The van der Waals surface area contributed by atoms with Gasteiger partial charge in [-0.05, 0) is 6.07 Å². The minimum absolute atomic E-state index is 0.131. The average Bonchev–Trinajstić information content (AvgIpc) is 2.76. The van der Waals surface area contributed by atoms with E-state index in [4.69, 9.17) is 19.9 Å². The molecule has 110 valence electrons. The largest absolute Gasteiger partial charge is 0.383 e. The fourth-order valence-electron chi connectivity index (χ4n) is 2.37. The Morgan fingerprint density at radius 3 is 2.70 bits per heavy atom. The van der Waals surface area contributed by atoms with E-state index < -0.39 is 30.2 Å². The van der Waals surface area contributed by atoms with Crippen LogP contribution in [-0.2, 0) is 19.0 Å². The molecule has 0 aliphatic carbocycles. The summed E-state index contributed by atoms with van der Waals surface area (Å²) in [6.07, 6.45) is 0.235. The van der Waals surface area contributed by atoms with Gasteiger partial charge in [0.15, 0.2) is 6.23 Å². The number of carbonyl (C=O) groups is 1. The van der Waals surface area contributed by atoms with Crippen LogP contribution in [0.25, 0.3) is 0 Å². The molecule has 1 aromatic heterocycles. The average molecular weight is 283 g/mol. The van der Waals surface area contributed by atoms with Gasteiger partial charge in [-0.2, -0.15) is 4.98 Å². The highest BCUT2D eigenvalue weighted by molar-refractivity contribution is 5.50. The van der Waals surface area contributed by atoms with Crippen LogP contribution in [-0.4, -0.2) is 48.4 Å². The van der Waals surface area contributed by atoms with Gasteiger partial charge in [0.05, 0.1) is 6.10 Å². The first-order chi connectivity index (χ1) is 9.62. The quantitative estimate of drug-likeness (QED) is 0.715. The summed E-state index contributed by atoms with van der Waals surface area (Å²) in [5.41, 5.74) is 4.91. The summed E-state index contributed by atoms with van der Waals surface area (Å²) in [6.45, 7) is 0. The number of anilines is 1. The maximum absolute atomic E-state index is 11.9. The van der Waals surface area contributed by atoms with Crippen molar-refractivity contribution in [2.45, 2.75) is 31.0 Å². The summed E-state index contributed by atoms with van der Waals surface area (Å²) in [7, 11) is 3.00. The fourth-order valence-corrected chi connectivity index (χ4v) is 2.37. The van der Waals surface area contributed by atoms with Crippen molar-refractivity contribution in [2.75, 3.05) is 20.0 Å². The van der Waals surface area contributed by atoms with Gasteiger partial charge in [0.1, 0.15) is 24.3 Å². The van der Waals surface area contributed by atoms with Crippen LogP contribution in [0.5, 0.6) is 0 Å². The Morgan fingerprint density at radius 1 is 1.45 bits per heavy atom. The molecule has 0 amide bonds. The summed E-state index contributed by atoms with van der Waals surface area (Å²) in [4.78, 5) is 26.2. The van der Waals surface area contributed by atoms with Gasteiger partial charge in [-0.1, -0.05) is 0 Å². The second-order valence-corrected chi connectivity index (χ2v) is 4.41. The van der Waals surface area contributed by atoms with E-state index in [9.17, 15) is 9.59 Å². The van der Waals surface area contributed by atoms with Crippen molar-refractivity contribution in [1.29, 1.82) is 0 Å². The van der Waals surface area contributed by atoms with E-state index in [1.165, 1.54) is 31.0 Å². The third-order valence-electron chi connectivity index (χ3n) is 3.28. The molecule has 4 unspecified atom stereocenters. The second-order valence-electron chi connectivity index (χ2n) is 4.41. The third-order valence-corrected chi connectivity index (χ3v) is 3.28. The molecule has 1 aromatic rings. The van der Waals surface area contributed by atoms with Gasteiger partial charge >= 0.3 is 5.69 Å². The van der Waals surface area contributed by atoms with Gasteiger partial charge in [-0.25, -0.2) is 4.79 Å². The number of ether oxygens (including phenoxy) is 3. The SMILES string of the molecule is COC1C(CC=O)OC(n2ccc(N)nc2=O)C1OC. The molecular weight excluding hydrogens is 266 g/mol. The lowest BCUT2D eigenvalue weighted by molar-refractivity contribution is -0.112. The first kappa shape index (κ1) is 14.6. The van der Waals surface area contributed by atoms with Gasteiger partial charge < -0.3 is 24.7 Å². The van der Waals surface area contributed by atoms with E-state index >= 15 is 0 Å². The molecule has 8 heteroatoms. The second kappa shape index (κ2) is 6.12. The van der Waals surface area contributed by atoms with Crippen molar-refractivity contribution in [1.82, 2.24) is 9.55 Å². The fraction of sp³-hybridized carbons (Fsp3) is 0.583. The van der Waals surface area contributed by atoms with Crippen molar-refractivity contribution in [2.24, 2.45) is 0 Å². The molecule has 1 fully saturated rings. The molecule has 4 atom stereocenters. The van der Waals surface area contributed by atoms with Crippen LogP contribution in [0.4, 0.5) is 5.82 Å². The van der Waals surface area contributed by atoms with Crippen molar-refractivity contribution in [3.63, 3.8) is 0 Å². The van der Waals surface area contributed by atoms with E-state index in [0.29, 0.717) is 0 Å². The molecule has 0 bridgehead atoms. The van der Waals surface area contributed by atoms with Crippen molar-refractivity contribution >= 4 is 12.1 Å². The number of nitrogen functional groups attached to an aromatic ring is 1. The van der Waals surface area contributed by atoms with E-state index in [1.807, 2.05) is 0 Å². The minimum atomic E-state index is -0.713. The van der Waals surface area contributed by atoms with Crippen LogP contribution < -0.4 is 11.4 Å². The van der Waals surface area contributed by atoms with E-state index in [1.54, 1.807) is 0 Å². The lowest BCUT2D eigenvalue weighted by Gasteiger charge is -2.21. The topological polar surface area (TPSA) is 106 Å². The summed E-state index contributed by atoms with van der Waals surface area (Å²) in [5.74, 6) is 0.131. The predicted octanol–water partition coefficient (Wildman–Crippen LogP) is -0.658. The standard InChI is InChI=1S/C12H17N3O5/c1-18-9-7(4-6-16)20-11(10(9)19-2)15-5-3-8(13)14-12(15)17/h3,5-7,9-11H,4H2,1-2H3,(H2,13,14,17). The zero-order chi connectivity index (χ0) is 14.7. The number of hydrogen-bond acceptors (Lipinski definition) is 7. The van der Waals surface area contributed by atoms with Gasteiger partial charge in [0.2, 0.25) is 0 Å². The van der Waals surface area contributed by atoms with Crippen LogP contribution in [0.3, 0.4) is 0 Å². The number of rotatable bonds is 5. The van der Waals surface area contributed by atoms with Gasteiger partial charge in [-0.15, -0.1) is 0 Å². The lowest BCUT2D eigenvalue weighted by atomic mass is 10.1. The Hall–Kier alpha value is -1.77. The zero-order valence-electron chi connectivity index (χ0n) is 11.3. The molecule has 2 rings (SSSR count). The van der Waals surface area contributed by atoms with Crippen LogP contribution in [0.2, 0.25) is 0 Å². The maximum Gasteiger partial charge on any atom is 0.351 e. The Morgan fingerprint density at radius 2 is 2.15 bits per heavy atom. The van der Waals surface area contributed by atoms with Gasteiger partial charge in [0, 0.05) is 26.8 Å². The Bertz CT molecular complexity index is 532. The summed E-state index contributed by atoms with van der Waals surface area (Å²) in [6, 6.07) is 1.49. The number of nitrogens with zero attached hydrogens (tertiary/aromatic N) is 2. The Kier molecular flexibility index (Phi) is 4.48. The normalized spacial score (nSPS) is 29.5. The smallest absolute Gasteiger partial charge is 0.351 e. The molecule has 0 aromatic carbocycles. The first-order valence-electron chi connectivity index (χ1n) is 6.11. The van der Waals surface area contributed by atoms with Crippen LogP contribution in [0.15, 0.2) is 17.1 Å². The zero-order valence-corrected chi connectivity index (χ0v) is 11.3. The lowest BCUT2D eigenvalue weighted by Crippen LogP contribution is -2.38. The van der Waals surface area contributed by atoms with E-state index in [2.05, 4.69) is 4.98 Å². The number of hydrogen-bond donors (Lipinski definition) is 1. The molecule has 20 heavy (non-hydrogen) atoms. The molecule has 0 saturated carbocycles. The number of aldehydes is 1. The molecule has 0 spiro atoms. The first-order valence-corrected chi connectivity index (χ1v) is 6.11. The molecule has 1 aliphatic rings. The number of aromatic nitrogens is 2. The highest BCUT2D eigenvalue weighted by atomic mass is 16.6. The van der Waals surface area contributed by atoms with Crippen LogP contribution in [0, 0.1) is 0 Å².